The zero-order chi connectivity index (χ0) is 19.7. The summed E-state index contributed by atoms with van der Waals surface area (Å²) in [5.41, 5.74) is -0.0707. The maximum absolute atomic E-state index is 13.4. The molecule has 8 heteroatoms. The summed E-state index contributed by atoms with van der Waals surface area (Å²) >= 11 is 1.27. The van der Waals surface area contributed by atoms with E-state index in [1.54, 1.807) is 35.8 Å². The Morgan fingerprint density at radius 2 is 1.82 bits per heavy atom. The lowest BCUT2D eigenvalue weighted by atomic mass is 10.0. The first-order chi connectivity index (χ1) is 13.4. The smallest absolute Gasteiger partial charge is 0.298 e. The van der Waals surface area contributed by atoms with Crippen LogP contribution in [0.25, 0.3) is 22.2 Å². The van der Waals surface area contributed by atoms with Gasteiger partial charge in [0.2, 0.25) is 0 Å². The molecule has 0 radical (unpaired) electrons. The zero-order valence-electron chi connectivity index (χ0n) is 14.2. The fourth-order valence-corrected chi connectivity index (χ4v) is 3.41. The summed E-state index contributed by atoms with van der Waals surface area (Å²) in [6.45, 7) is 0. The Bertz CT molecular complexity index is 1160. The van der Waals surface area contributed by atoms with Crippen molar-refractivity contribution in [3.8, 4) is 11.3 Å². The van der Waals surface area contributed by atoms with Crippen LogP contribution in [0.5, 0.6) is 0 Å². The van der Waals surface area contributed by atoms with Gasteiger partial charge in [-0.2, -0.15) is 13.2 Å². The second-order valence-electron chi connectivity index (χ2n) is 5.91. The Labute approximate surface area is 161 Å². The van der Waals surface area contributed by atoms with Crippen molar-refractivity contribution in [1.29, 1.82) is 0 Å². The van der Waals surface area contributed by atoms with Crippen molar-refractivity contribution in [3.05, 3.63) is 77.3 Å². The van der Waals surface area contributed by atoms with Gasteiger partial charge in [0, 0.05) is 22.5 Å². The van der Waals surface area contributed by atoms with Crippen molar-refractivity contribution in [3.63, 3.8) is 0 Å². The van der Waals surface area contributed by atoms with E-state index in [-0.39, 0.29) is 16.8 Å². The zero-order valence-corrected chi connectivity index (χ0v) is 15.0. The number of rotatable bonds is 3. The predicted molar refractivity (Wildman–Crippen MR) is 102 cm³/mol. The van der Waals surface area contributed by atoms with Crippen molar-refractivity contribution < 1.29 is 18.0 Å². The molecular formula is C20H12F3N3OS. The number of alkyl halides is 3. The summed E-state index contributed by atoms with van der Waals surface area (Å²) in [7, 11) is 0. The predicted octanol–water partition coefficient (Wildman–Crippen LogP) is 5.63. The molecule has 0 fully saturated rings. The Balaban J connectivity index is 1.83. The number of carbonyl (C=O) groups is 1. The summed E-state index contributed by atoms with van der Waals surface area (Å²) in [6.07, 6.45) is -2.94. The molecule has 4 aromatic rings. The second-order valence-corrected chi connectivity index (χ2v) is 6.80. The Kier molecular flexibility index (Phi) is 4.56. The number of hydrogen-bond acceptors (Lipinski definition) is 4. The summed E-state index contributed by atoms with van der Waals surface area (Å²) in [5.74, 6) is -0.422. The van der Waals surface area contributed by atoms with Crippen molar-refractivity contribution in [2.45, 2.75) is 6.18 Å². The van der Waals surface area contributed by atoms with Gasteiger partial charge in [-0.25, -0.2) is 9.97 Å². The lowest BCUT2D eigenvalue weighted by molar-refractivity contribution is -0.137. The standard InChI is InChI=1S/C20H12F3N3OS/c21-20(22,23)15-7-2-1-5-13(15)16-9-8-12-4-3-6-14(17(12)25-16)18(27)26-19-24-10-11-28-19/h1-11H,(H,24,26,27). The van der Waals surface area contributed by atoms with E-state index in [0.717, 1.165) is 6.07 Å². The molecule has 1 amide bonds. The van der Waals surface area contributed by atoms with Crippen LogP contribution in [0.2, 0.25) is 0 Å². The highest BCUT2D eigenvalue weighted by molar-refractivity contribution is 7.13. The average Bonchev–Trinajstić information content (AvgIpc) is 3.19. The van der Waals surface area contributed by atoms with E-state index in [9.17, 15) is 18.0 Å². The molecule has 2 aromatic heterocycles. The van der Waals surface area contributed by atoms with Crippen LogP contribution in [0, 0.1) is 0 Å². The molecule has 0 bridgehead atoms. The van der Waals surface area contributed by atoms with E-state index in [4.69, 9.17) is 0 Å². The molecule has 0 atom stereocenters. The highest BCUT2D eigenvalue weighted by Crippen LogP contribution is 2.36. The number of thiazole rings is 1. The van der Waals surface area contributed by atoms with E-state index in [2.05, 4.69) is 15.3 Å². The van der Waals surface area contributed by atoms with E-state index < -0.39 is 17.6 Å². The van der Waals surface area contributed by atoms with Crippen LogP contribution in [0.1, 0.15) is 15.9 Å². The maximum Gasteiger partial charge on any atom is 0.417 e. The lowest BCUT2D eigenvalue weighted by Crippen LogP contribution is -2.13. The van der Waals surface area contributed by atoms with Gasteiger partial charge < -0.3 is 0 Å². The van der Waals surface area contributed by atoms with Crippen molar-refractivity contribution in [1.82, 2.24) is 9.97 Å². The molecule has 140 valence electrons. The molecule has 28 heavy (non-hydrogen) atoms. The number of amides is 1. The number of anilines is 1. The molecule has 0 saturated carbocycles. The van der Waals surface area contributed by atoms with E-state index in [0.29, 0.717) is 16.0 Å². The van der Waals surface area contributed by atoms with Gasteiger partial charge in [-0.15, -0.1) is 11.3 Å². The number of nitrogens with one attached hydrogen (secondary N) is 1. The highest BCUT2D eigenvalue weighted by atomic mass is 32.1. The van der Waals surface area contributed by atoms with Gasteiger partial charge in [-0.1, -0.05) is 36.4 Å². The normalized spacial score (nSPS) is 11.5. The molecular weight excluding hydrogens is 387 g/mol. The Hall–Kier alpha value is -3.26. The first kappa shape index (κ1) is 18.1. The fraction of sp³-hybridized carbons (Fsp3) is 0.0500. The van der Waals surface area contributed by atoms with Crippen LogP contribution in [0.15, 0.2) is 66.2 Å². The minimum absolute atomic E-state index is 0.0352. The summed E-state index contributed by atoms with van der Waals surface area (Å²) in [4.78, 5) is 21.0. The molecule has 0 saturated heterocycles. The van der Waals surface area contributed by atoms with Crippen molar-refractivity contribution >= 4 is 33.3 Å². The summed E-state index contributed by atoms with van der Waals surface area (Å²) in [6, 6.07) is 13.5. The molecule has 4 rings (SSSR count). The number of aromatic nitrogens is 2. The number of carbonyl (C=O) groups excluding carboxylic acids is 1. The number of benzene rings is 2. The van der Waals surface area contributed by atoms with Gasteiger partial charge in [0.1, 0.15) is 0 Å². The number of pyridine rings is 1. The average molecular weight is 399 g/mol. The number of fused-ring (bicyclic) bond motifs is 1. The van der Waals surface area contributed by atoms with Crippen LogP contribution in [0.3, 0.4) is 0 Å². The minimum atomic E-state index is -4.50. The molecule has 4 nitrogen and oxygen atoms in total. The van der Waals surface area contributed by atoms with Gasteiger partial charge in [0.05, 0.1) is 22.3 Å². The van der Waals surface area contributed by atoms with Gasteiger partial charge in [0.15, 0.2) is 5.13 Å². The largest absolute Gasteiger partial charge is 0.417 e. The minimum Gasteiger partial charge on any atom is -0.298 e. The van der Waals surface area contributed by atoms with E-state index in [1.165, 1.54) is 35.6 Å². The molecule has 0 aliphatic heterocycles. The van der Waals surface area contributed by atoms with E-state index >= 15 is 0 Å². The molecule has 0 aliphatic rings. The fourth-order valence-electron chi connectivity index (χ4n) is 2.88. The molecule has 2 heterocycles. The monoisotopic (exact) mass is 399 g/mol. The number of halogens is 3. The van der Waals surface area contributed by atoms with Crippen LogP contribution >= 0.6 is 11.3 Å². The SMILES string of the molecule is O=C(Nc1nccs1)c1cccc2ccc(-c3ccccc3C(F)(F)F)nc12. The third-order valence-electron chi connectivity index (χ3n) is 4.13. The highest BCUT2D eigenvalue weighted by Gasteiger charge is 2.33. The van der Waals surface area contributed by atoms with Crippen LogP contribution in [0.4, 0.5) is 18.3 Å². The van der Waals surface area contributed by atoms with Crippen molar-refractivity contribution in [2.24, 2.45) is 0 Å². The number of nitrogens with zero attached hydrogens (tertiary/aromatic N) is 2. The number of para-hydroxylation sites is 1. The van der Waals surface area contributed by atoms with Crippen LogP contribution < -0.4 is 5.32 Å². The van der Waals surface area contributed by atoms with Gasteiger partial charge in [-0.3, -0.25) is 10.1 Å². The Morgan fingerprint density at radius 1 is 1.00 bits per heavy atom. The lowest BCUT2D eigenvalue weighted by Gasteiger charge is -2.13. The van der Waals surface area contributed by atoms with E-state index in [1.807, 2.05) is 0 Å². The summed E-state index contributed by atoms with van der Waals surface area (Å²) < 4.78 is 40.1. The maximum atomic E-state index is 13.4. The first-order valence-electron chi connectivity index (χ1n) is 8.21. The second kappa shape index (κ2) is 7.05. The van der Waals surface area contributed by atoms with Gasteiger partial charge in [0.25, 0.3) is 5.91 Å². The number of hydrogen-bond donors (Lipinski definition) is 1. The third kappa shape index (κ3) is 3.46. The molecule has 0 unspecified atom stereocenters. The quantitative estimate of drug-likeness (QED) is 0.486. The topological polar surface area (TPSA) is 54.9 Å². The molecule has 0 spiro atoms. The molecule has 1 N–H and O–H groups in total. The van der Waals surface area contributed by atoms with Crippen LogP contribution in [-0.4, -0.2) is 15.9 Å². The van der Waals surface area contributed by atoms with Gasteiger partial charge in [-0.05, 0) is 18.2 Å². The van der Waals surface area contributed by atoms with Crippen LogP contribution in [-0.2, 0) is 6.18 Å². The first-order valence-corrected chi connectivity index (χ1v) is 9.08. The Morgan fingerprint density at radius 3 is 2.57 bits per heavy atom. The molecule has 2 aromatic carbocycles. The summed E-state index contributed by atoms with van der Waals surface area (Å²) in [5, 5.41) is 5.48. The van der Waals surface area contributed by atoms with Gasteiger partial charge >= 0.3 is 6.18 Å². The third-order valence-corrected chi connectivity index (χ3v) is 4.81. The molecule has 0 aliphatic carbocycles. The van der Waals surface area contributed by atoms with Crippen molar-refractivity contribution in [2.75, 3.05) is 5.32 Å².